The largest absolute Gasteiger partial charge is 0.444 e. The minimum Gasteiger partial charge on any atom is -0.444 e. The quantitative estimate of drug-likeness (QED) is 0.738. The Morgan fingerprint density at radius 1 is 1.17 bits per heavy atom. The molecule has 1 aromatic carbocycles. The third kappa shape index (κ3) is 6.69. The smallest absolute Gasteiger partial charge is 0.407 e. The summed E-state index contributed by atoms with van der Waals surface area (Å²) < 4.78 is 33.0. The maximum Gasteiger partial charge on any atom is 0.407 e. The first kappa shape index (κ1) is 23.1. The van der Waals surface area contributed by atoms with E-state index in [0.29, 0.717) is 25.3 Å². The van der Waals surface area contributed by atoms with Crippen molar-refractivity contribution >= 4 is 27.7 Å². The highest BCUT2D eigenvalue weighted by molar-refractivity contribution is 7.89. The van der Waals surface area contributed by atoms with Crippen molar-refractivity contribution in [1.29, 1.82) is 0 Å². The topological polar surface area (TPSA) is 108 Å². The van der Waals surface area contributed by atoms with E-state index >= 15 is 0 Å². The van der Waals surface area contributed by atoms with Gasteiger partial charge in [0.05, 0.1) is 10.9 Å². The molecule has 0 aliphatic carbocycles. The fraction of sp³-hybridized carbons (Fsp3) is 0.579. The predicted molar refractivity (Wildman–Crippen MR) is 110 cm³/mol. The Hall–Kier alpha value is -2.17. The number of alkyl carbamates (subject to hydrolysis) is 1. The van der Waals surface area contributed by atoms with Crippen LogP contribution in [0.25, 0.3) is 0 Å². The first-order chi connectivity index (χ1) is 13.4. The minimum atomic E-state index is -3.76. The predicted octanol–water partition coefficient (Wildman–Crippen LogP) is 1.47. The van der Waals surface area contributed by atoms with E-state index in [0.717, 1.165) is 0 Å². The summed E-state index contributed by atoms with van der Waals surface area (Å²) in [4.78, 5) is 25.3. The van der Waals surface area contributed by atoms with Gasteiger partial charge in [0.1, 0.15) is 5.60 Å². The number of piperazine rings is 1. The van der Waals surface area contributed by atoms with E-state index in [4.69, 9.17) is 4.74 Å². The number of carbonyl (C=O) groups excluding carboxylic acids is 2. The highest BCUT2D eigenvalue weighted by Crippen LogP contribution is 2.22. The van der Waals surface area contributed by atoms with E-state index < -0.39 is 27.8 Å². The van der Waals surface area contributed by atoms with E-state index in [1.807, 2.05) is 11.9 Å². The van der Waals surface area contributed by atoms with Crippen LogP contribution in [0, 0.1) is 0 Å². The molecule has 1 aromatic rings. The van der Waals surface area contributed by atoms with Crippen LogP contribution in [-0.4, -0.2) is 74.5 Å². The van der Waals surface area contributed by atoms with Crippen molar-refractivity contribution in [2.45, 2.75) is 44.2 Å². The number of rotatable bonds is 5. The summed E-state index contributed by atoms with van der Waals surface area (Å²) in [6.45, 7) is 8.21. The van der Waals surface area contributed by atoms with Gasteiger partial charge in [-0.1, -0.05) is 0 Å². The standard InChI is InChI=1S/C19H30N4O5S/c1-14(24)21-15-6-8-17(9-7-15)29(26,27)23-11-10-22(5)13-16(23)12-20-18(25)28-19(2,3)4/h6-9,16H,10-13H2,1-5H3,(H,20,25)(H,21,24)/t16-/m1/s1. The van der Waals surface area contributed by atoms with E-state index in [1.54, 1.807) is 32.9 Å². The van der Waals surface area contributed by atoms with Crippen molar-refractivity contribution in [3.05, 3.63) is 24.3 Å². The van der Waals surface area contributed by atoms with Gasteiger partial charge in [0.2, 0.25) is 15.9 Å². The van der Waals surface area contributed by atoms with Gasteiger partial charge in [-0.3, -0.25) is 4.79 Å². The van der Waals surface area contributed by atoms with Gasteiger partial charge >= 0.3 is 6.09 Å². The van der Waals surface area contributed by atoms with Crippen molar-refractivity contribution in [3.63, 3.8) is 0 Å². The van der Waals surface area contributed by atoms with Crippen LogP contribution in [0.4, 0.5) is 10.5 Å². The van der Waals surface area contributed by atoms with Gasteiger partial charge in [-0.25, -0.2) is 13.2 Å². The molecule has 0 bridgehead atoms. The maximum atomic E-state index is 13.2. The molecule has 0 radical (unpaired) electrons. The molecule has 0 saturated carbocycles. The summed E-state index contributed by atoms with van der Waals surface area (Å²) in [5.74, 6) is -0.229. The second kappa shape index (κ2) is 9.10. The highest BCUT2D eigenvalue weighted by atomic mass is 32.2. The third-order valence-electron chi connectivity index (χ3n) is 4.29. The highest BCUT2D eigenvalue weighted by Gasteiger charge is 2.35. The number of amides is 2. The molecule has 1 heterocycles. The Labute approximate surface area is 172 Å². The second-order valence-electron chi connectivity index (χ2n) is 8.12. The normalized spacial score (nSPS) is 18.9. The molecule has 0 spiro atoms. The van der Waals surface area contributed by atoms with Crippen molar-refractivity contribution in [3.8, 4) is 0 Å². The van der Waals surface area contributed by atoms with Crippen molar-refractivity contribution in [2.75, 3.05) is 38.5 Å². The number of nitrogens with zero attached hydrogens (tertiary/aromatic N) is 2. The van der Waals surface area contributed by atoms with Crippen LogP contribution in [0.5, 0.6) is 0 Å². The van der Waals surface area contributed by atoms with Crippen LogP contribution in [0.3, 0.4) is 0 Å². The molecule has 2 N–H and O–H groups in total. The van der Waals surface area contributed by atoms with Crippen LogP contribution in [0.1, 0.15) is 27.7 Å². The van der Waals surface area contributed by atoms with Gasteiger partial charge in [0, 0.05) is 38.8 Å². The number of likely N-dealkylation sites (N-methyl/N-ethyl adjacent to an activating group) is 1. The van der Waals surface area contributed by atoms with Gasteiger partial charge in [-0.15, -0.1) is 0 Å². The summed E-state index contributed by atoms with van der Waals surface area (Å²) in [5.41, 5.74) is -0.104. The zero-order chi connectivity index (χ0) is 21.8. The Morgan fingerprint density at radius 2 is 1.79 bits per heavy atom. The van der Waals surface area contributed by atoms with Gasteiger partial charge in [0.15, 0.2) is 0 Å². The van der Waals surface area contributed by atoms with Crippen molar-refractivity contribution in [2.24, 2.45) is 0 Å². The molecule has 162 valence electrons. The van der Waals surface area contributed by atoms with E-state index in [1.165, 1.54) is 23.4 Å². The molecule has 10 heteroatoms. The molecule has 29 heavy (non-hydrogen) atoms. The van der Waals surface area contributed by atoms with E-state index in [-0.39, 0.29) is 17.3 Å². The van der Waals surface area contributed by atoms with Gasteiger partial charge < -0.3 is 20.3 Å². The van der Waals surface area contributed by atoms with E-state index in [9.17, 15) is 18.0 Å². The molecule has 2 rings (SSSR count). The lowest BCUT2D eigenvalue weighted by Gasteiger charge is -2.39. The maximum absolute atomic E-state index is 13.2. The zero-order valence-corrected chi connectivity index (χ0v) is 18.4. The molecule has 0 aromatic heterocycles. The number of carbonyl (C=O) groups is 2. The Bertz CT molecular complexity index is 833. The minimum absolute atomic E-state index is 0.137. The van der Waals surface area contributed by atoms with E-state index in [2.05, 4.69) is 10.6 Å². The fourth-order valence-electron chi connectivity index (χ4n) is 3.04. The lowest BCUT2D eigenvalue weighted by atomic mass is 10.2. The summed E-state index contributed by atoms with van der Waals surface area (Å²) in [6, 6.07) is 5.62. The molecular formula is C19H30N4O5S. The number of benzene rings is 1. The van der Waals surface area contributed by atoms with Gasteiger partial charge in [-0.05, 0) is 52.1 Å². The average Bonchev–Trinajstić information content (AvgIpc) is 2.58. The van der Waals surface area contributed by atoms with Crippen LogP contribution in [-0.2, 0) is 19.6 Å². The molecular weight excluding hydrogens is 396 g/mol. The average molecular weight is 427 g/mol. The Kier molecular flexibility index (Phi) is 7.25. The van der Waals surface area contributed by atoms with Crippen LogP contribution in [0.15, 0.2) is 29.2 Å². The summed E-state index contributed by atoms with van der Waals surface area (Å²) >= 11 is 0. The fourth-order valence-corrected chi connectivity index (χ4v) is 4.65. The molecule has 2 amide bonds. The van der Waals surface area contributed by atoms with Crippen molar-refractivity contribution in [1.82, 2.24) is 14.5 Å². The summed E-state index contributed by atoms with van der Waals surface area (Å²) in [5, 5.41) is 5.29. The lowest BCUT2D eigenvalue weighted by Crippen LogP contribution is -2.57. The monoisotopic (exact) mass is 426 g/mol. The van der Waals surface area contributed by atoms with Gasteiger partial charge in [0.25, 0.3) is 0 Å². The first-order valence-electron chi connectivity index (χ1n) is 9.43. The molecule has 0 unspecified atom stereocenters. The SMILES string of the molecule is CC(=O)Nc1ccc(S(=O)(=O)N2CCN(C)C[C@H]2CNC(=O)OC(C)(C)C)cc1. The number of ether oxygens (including phenoxy) is 1. The van der Waals surface area contributed by atoms with Crippen molar-refractivity contribution < 1.29 is 22.7 Å². The molecule has 1 aliphatic rings. The number of hydrogen-bond acceptors (Lipinski definition) is 6. The Morgan fingerprint density at radius 3 is 2.34 bits per heavy atom. The number of hydrogen-bond donors (Lipinski definition) is 2. The summed E-state index contributed by atoms with van der Waals surface area (Å²) in [6.07, 6.45) is -0.581. The molecule has 1 saturated heterocycles. The molecule has 1 aliphatic heterocycles. The third-order valence-corrected chi connectivity index (χ3v) is 6.26. The number of anilines is 1. The summed E-state index contributed by atoms with van der Waals surface area (Å²) in [7, 11) is -1.85. The van der Waals surface area contributed by atoms with Crippen LogP contribution < -0.4 is 10.6 Å². The first-order valence-corrected chi connectivity index (χ1v) is 10.9. The molecule has 1 atom stereocenters. The molecule has 9 nitrogen and oxygen atoms in total. The lowest BCUT2D eigenvalue weighted by molar-refractivity contribution is -0.114. The van der Waals surface area contributed by atoms with Crippen LogP contribution in [0.2, 0.25) is 0 Å². The number of nitrogens with one attached hydrogen (secondary N) is 2. The Balaban J connectivity index is 2.15. The van der Waals surface area contributed by atoms with Crippen LogP contribution >= 0.6 is 0 Å². The molecule has 1 fully saturated rings. The number of sulfonamides is 1. The second-order valence-corrected chi connectivity index (χ2v) is 10.0. The van der Waals surface area contributed by atoms with Gasteiger partial charge in [-0.2, -0.15) is 4.31 Å². The zero-order valence-electron chi connectivity index (χ0n) is 17.6.